The lowest BCUT2D eigenvalue weighted by molar-refractivity contribution is 0.0280. The van der Waals surface area contributed by atoms with Gasteiger partial charge < -0.3 is 45.6 Å². The molecule has 10 heterocycles. The fraction of sp³-hybridized carbons (Fsp3) is 0.387. The number of nitrogens with zero attached hydrogens (tertiary/aromatic N) is 12. The monoisotopic (exact) mass is 1220 g/mol. The molecule has 1 amide bonds. The van der Waals surface area contributed by atoms with Gasteiger partial charge >= 0.3 is 5.97 Å². The Morgan fingerprint density at radius 2 is 1.09 bits per heavy atom. The summed E-state index contributed by atoms with van der Waals surface area (Å²) in [4.78, 5) is 45.1. The predicted molar refractivity (Wildman–Crippen MR) is 328 cm³/mol. The van der Waals surface area contributed by atoms with E-state index in [9.17, 15) is 30.3 Å². The van der Waals surface area contributed by atoms with E-state index in [4.69, 9.17) is 53.5 Å². The number of carboxylic acid groups (broad SMARTS) is 1. The molecule has 6 N–H and O–H groups in total. The Labute approximate surface area is 513 Å². The summed E-state index contributed by atoms with van der Waals surface area (Å²) in [6.45, 7) is 15.0. The molecule has 2 unspecified atom stereocenters. The average molecular weight is 1230 g/mol. The number of fused-ring (bicyclic) bond motifs is 4. The number of nitrogens with two attached hydrogens (primary N) is 1. The number of anilines is 2. The molecule has 2 saturated carbocycles. The maximum absolute atomic E-state index is 12.9. The van der Waals surface area contributed by atoms with E-state index in [1.54, 1.807) is 79.7 Å². The highest BCUT2D eigenvalue weighted by Crippen LogP contribution is 2.46. The van der Waals surface area contributed by atoms with Gasteiger partial charge in [0.15, 0.2) is 5.69 Å². The van der Waals surface area contributed by atoms with E-state index in [0.29, 0.717) is 62.4 Å². The Morgan fingerprint density at radius 3 is 1.45 bits per heavy atom. The molecular formula is C62H67Cl3N14O7. The molecule has 4 aliphatic rings. The first-order chi connectivity index (χ1) is 40.3. The molecule has 0 bridgehead atoms. The number of aromatic carboxylic acids is 1. The Bertz CT molecular complexity index is 3840. The minimum atomic E-state index is -1.11. The predicted octanol–water partition coefficient (Wildman–Crippen LogP) is 9.34. The van der Waals surface area contributed by atoms with Gasteiger partial charge in [-0.2, -0.15) is 20.7 Å². The van der Waals surface area contributed by atoms with Crippen LogP contribution in [0.3, 0.4) is 0 Å². The van der Waals surface area contributed by atoms with E-state index in [1.807, 2.05) is 48.8 Å². The molecule has 0 aromatic carbocycles. The quantitative estimate of drug-likeness (QED) is 0.0718. The van der Waals surface area contributed by atoms with Gasteiger partial charge in [0.1, 0.15) is 54.2 Å². The third kappa shape index (κ3) is 14.2. The van der Waals surface area contributed by atoms with Crippen molar-refractivity contribution in [2.24, 2.45) is 29.4 Å². The zero-order chi connectivity index (χ0) is 60.6. The van der Waals surface area contributed by atoms with Crippen molar-refractivity contribution in [3.63, 3.8) is 0 Å². The number of carbonyl (C=O) groups excluding carboxylic acids is 1. The van der Waals surface area contributed by atoms with Gasteiger partial charge in [-0.1, -0.05) is 23.2 Å². The smallest absolute Gasteiger partial charge is 0.356 e. The van der Waals surface area contributed by atoms with Crippen LogP contribution in [0.1, 0.15) is 99.3 Å². The van der Waals surface area contributed by atoms with Gasteiger partial charge in [-0.25, -0.2) is 33.8 Å². The van der Waals surface area contributed by atoms with Crippen molar-refractivity contribution in [1.82, 2.24) is 44.5 Å². The molecule has 0 radical (unpaired) electrons. The molecule has 21 nitrogen and oxygen atoms in total. The maximum atomic E-state index is 12.9. The molecule has 0 spiro atoms. The van der Waals surface area contributed by atoms with E-state index in [2.05, 4.69) is 61.3 Å². The summed E-state index contributed by atoms with van der Waals surface area (Å²) in [5, 5.41) is 60.2. The third-order valence-corrected chi connectivity index (χ3v) is 16.4. The van der Waals surface area contributed by atoms with Gasteiger partial charge in [0.25, 0.3) is 5.91 Å². The van der Waals surface area contributed by atoms with Crippen LogP contribution < -0.4 is 30.3 Å². The lowest BCUT2D eigenvalue weighted by Gasteiger charge is -2.28. The van der Waals surface area contributed by atoms with Crippen molar-refractivity contribution in [3.05, 3.63) is 143 Å². The van der Waals surface area contributed by atoms with Crippen molar-refractivity contribution in [1.29, 1.82) is 10.5 Å². The molecule has 2 saturated heterocycles. The van der Waals surface area contributed by atoms with Crippen LogP contribution in [0.15, 0.2) is 110 Å². The van der Waals surface area contributed by atoms with Gasteiger partial charge in [-0.05, 0) is 152 Å². The summed E-state index contributed by atoms with van der Waals surface area (Å²) in [6, 6.07) is 22.7. The van der Waals surface area contributed by atoms with Crippen molar-refractivity contribution >= 4 is 70.2 Å². The van der Waals surface area contributed by atoms with E-state index >= 15 is 0 Å². The van der Waals surface area contributed by atoms with Gasteiger partial charge in [-0.15, -0.1) is 12.4 Å². The highest BCUT2D eigenvalue weighted by Gasteiger charge is 2.48. The van der Waals surface area contributed by atoms with Crippen LogP contribution in [0.4, 0.5) is 11.6 Å². The number of amides is 1. The molecule has 86 heavy (non-hydrogen) atoms. The van der Waals surface area contributed by atoms with Crippen LogP contribution in [-0.4, -0.2) is 128 Å². The van der Waals surface area contributed by atoms with E-state index in [-0.39, 0.29) is 59.0 Å². The molecule has 24 heteroatoms. The number of hydrogen-bond acceptors (Lipinski definition) is 17. The SMILES string of the molecule is CC(C)(O)COc1cc(-c2ccc(N3C[C@@H]4CC(C)(N)C[C@@H]4C3)nc2)c2c(C#N)cnn2c1.CC(C)(O)COc1cc(-c2ccc(N3C[C@@H]4CC(C)(NC(=O)c5ncccc5Cl)C[C@@H]4C3)nc2)c2c(C#N)cnn2c1.Cl.O=C(O)c1ncccc1Cl. The minimum absolute atomic E-state index is 0. The summed E-state index contributed by atoms with van der Waals surface area (Å²) >= 11 is 11.7. The first-order valence-electron chi connectivity index (χ1n) is 27.9. The summed E-state index contributed by atoms with van der Waals surface area (Å²) in [5.74, 6) is 3.74. The number of carbonyl (C=O) groups is 2. The highest BCUT2D eigenvalue weighted by atomic mass is 35.5. The minimum Gasteiger partial charge on any atom is -0.489 e. The normalized spacial score (nSPS) is 21.2. The van der Waals surface area contributed by atoms with Crippen LogP contribution in [0.2, 0.25) is 10.0 Å². The lowest BCUT2D eigenvalue weighted by Crippen LogP contribution is -2.45. The van der Waals surface area contributed by atoms with Crippen LogP contribution in [-0.2, 0) is 0 Å². The van der Waals surface area contributed by atoms with Gasteiger partial charge in [-0.3, -0.25) is 4.79 Å². The number of pyridine rings is 6. The standard InChI is InChI=1S/C31H32ClN7O3.C25H30N6O2.C6H4ClNO2.ClH/c1-30(2,41)18-42-23-9-24(28-22(12-33)14-36-39(28)17-23)19-6-7-26(35-13-19)38-15-20-10-31(3,11-21(20)16-38)37-29(40)27-25(32)5-4-8-34-27;1-24(2,32)15-33-20-6-21(23-19(9-26)11-29-31(23)14-20)16-4-5-22(28-10-16)30-12-17-7-25(3,27)8-18(17)13-30;7-4-2-1-3-8-5(4)6(9)10;/h4-9,13-14,17,20-21,41H,10-11,15-16,18H2,1-3H3,(H,37,40);4-6,10-11,14,17-18,32H,7-8,12-13,15,27H2,1-3H3;1-3H,(H,9,10);1H/t20-,21+,31?;17-,18+,25?;;. The van der Waals surface area contributed by atoms with Gasteiger partial charge in [0, 0.05) is 84.3 Å². The Hall–Kier alpha value is -8.15. The Balaban J connectivity index is 0.000000178. The third-order valence-electron chi connectivity index (χ3n) is 15.7. The van der Waals surface area contributed by atoms with Crippen LogP contribution in [0, 0.1) is 46.3 Å². The second-order valence-corrected chi connectivity index (χ2v) is 25.2. The average Bonchev–Trinajstić information content (AvgIpc) is 3.35. The van der Waals surface area contributed by atoms with Crippen LogP contribution >= 0.6 is 35.6 Å². The lowest BCUT2D eigenvalue weighted by atomic mass is 9.97. The zero-order valence-electron chi connectivity index (χ0n) is 48.4. The second-order valence-electron chi connectivity index (χ2n) is 24.4. The molecule has 8 aromatic rings. The number of nitrogens with one attached hydrogen (secondary N) is 1. The Morgan fingerprint density at radius 1 is 0.674 bits per heavy atom. The molecule has 448 valence electrons. The summed E-state index contributed by atoms with van der Waals surface area (Å²) in [7, 11) is 0. The number of nitriles is 2. The summed E-state index contributed by atoms with van der Waals surface area (Å²) in [6.07, 6.45) is 17.0. The zero-order valence-corrected chi connectivity index (χ0v) is 50.7. The van der Waals surface area contributed by atoms with Crippen LogP contribution in [0.25, 0.3) is 33.3 Å². The fourth-order valence-electron chi connectivity index (χ4n) is 12.2. The molecule has 2 aliphatic heterocycles. The van der Waals surface area contributed by atoms with Crippen molar-refractivity contribution < 1.29 is 34.4 Å². The number of ether oxygens (including phenoxy) is 2. The van der Waals surface area contributed by atoms with E-state index in [1.165, 1.54) is 18.5 Å². The first kappa shape index (κ1) is 62.4. The number of hydrogen-bond donors (Lipinski definition) is 5. The Kier molecular flexibility index (Phi) is 18.2. The van der Waals surface area contributed by atoms with Crippen LogP contribution in [0.5, 0.6) is 11.5 Å². The molecule has 6 atom stereocenters. The van der Waals surface area contributed by atoms with E-state index < -0.39 is 17.2 Å². The van der Waals surface area contributed by atoms with Gasteiger partial charge in [0.05, 0.1) is 68.2 Å². The maximum Gasteiger partial charge on any atom is 0.356 e. The topological polar surface area (TPSA) is 292 Å². The molecule has 8 aromatic heterocycles. The first-order valence-corrected chi connectivity index (χ1v) is 28.6. The molecule has 12 rings (SSSR count). The number of carboxylic acids is 1. The number of aromatic nitrogens is 8. The van der Waals surface area contributed by atoms with Crippen molar-refractivity contribution in [3.8, 4) is 45.9 Å². The van der Waals surface area contributed by atoms with Crippen molar-refractivity contribution in [2.45, 2.75) is 89.5 Å². The summed E-state index contributed by atoms with van der Waals surface area (Å²) < 4.78 is 14.9. The largest absolute Gasteiger partial charge is 0.489 e. The molecule has 4 fully saturated rings. The number of rotatable bonds is 13. The summed E-state index contributed by atoms with van der Waals surface area (Å²) in [5.41, 5.74) is 9.82. The second kappa shape index (κ2) is 25.1. The number of halogens is 3. The van der Waals surface area contributed by atoms with Gasteiger partial charge in [0.2, 0.25) is 0 Å². The van der Waals surface area contributed by atoms with Crippen molar-refractivity contribution in [2.75, 3.05) is 49.2 Å². The molecule has 2 aliphatic carbocycles. The van der Waals surface area contributed by atoms with E-state index in [0.717, 1.165) is 85.8 Å². The highest BCUT2D eigenvalue weighted by molar-refractivity contribution is 6.33. The molecular weight excluding hydrogens is 1160 g/mol. The fourth-order valence-corrected chi connectivity index (χ4v) is 12.6. The number of aliphatic hydroxyl groups is 2.